The van der Waals surface area contributed by atoms with Crippen molar-refractivity contribution in [3.63, 3.8) is 0 Å². The highest BCUT2D eigenvalue weighted by Gasteiger charge is 2.19. The number of nitrogens with zero attached hydrogens (tertiary/aromatic N) is 1. The topological polar surface area (TPSA) is 109 Å². The largest absolute Gasteiger partial charge is 0.497 e. The Hall–Kier alpha value is -4.61. The Morgan fingerprint density at radius 3 is 2.47 bits per heavy atom. The maximum atomic E-state index is 13.5. The molecule has 3 N–H and O–H groups in total. The maximum absolute atomic E-state index is 13.5. The SMILES string of the molecule is COc1cccc(/C=C(\NC(=O)c2ccccc2)C(=O)Nc2cccc(SC(C)C(=O)Nc3nc(-c4ccc(Cl)cc4Cl)cs3)c2)c1. The highest BCUT2D eigenvalue weighted by molar-refractivity contribution is 8.00. The van der Waals surface area contributed by atoms with Crippen molar-refractivity contribution in [3.8, 4) is 17.0 Å². The second kappa shape index (κ2) is 15.8. The van der Waals surface area contributed by atoms with Crippen LogP contribution < -0.4 is 20.7 Å². The van der Waals surface area contributed by atoms with Gasteiger partial charge in [-0.3, -0.25) is 14.4 Å². The molecule has 0 fully saturated rings. The number of hydrogen-bond acceptors (Lipinski definition) is 7. The smallest absolute Gasteiger partial charge is 0.272 e. The number of thiazole rings is 1. The third-order valence-electron chi connectivity index (χ3n) is 6.65. The van der Waals surface area contributed by atoms with E-state index in [1.54, 1.807) is 111 Å². The Labute approximate surface area is 290 Å². The molecule has 3 amide bonds. The Kier molecular flexibility index (Phi) is 11.3. The number of halogens is 2. The molecule has 1 atom stereocenters. The van der Waals surface area contributed by atoms with Crippen LogP contribution in [0.3, 0.4) is 0 Å². The summed E-state index contributed by atoms with van der Waals surface area (Å²) in [6.45, 7) is 1.78. The van der Waals surface area contributed by atoms with Crippen LogP contribution in [0.15, 0.2) is 113 Å². The lowest BCUT2D eigenvalue weighted by Gasteiger charge is -2.14. The van der Waals surface area contributed by atoms with Gasteiger partial charge in [-0.2, -0.15) is 0 Å². The minimum atomic E-state index is -0.523. The van der Waals surface area contributed by atoms with Gasteiger partial charge in [0.1, 0.15) is 11.4 Å². The molecule has 0 aliphatic rings. The van der Waals surface area contributed by atoms with Gasteiger partial charge in [-0.1, -0.05) is 59.6 Å². The van der Waals surface area contributed by atoms with E-state index in [2.05, 4.69) is 20.9 Å². The van der Waals surface area contributed by atoms with Crippen LogP contribution in [0.1, 0.15) is 22.8 Å². The molecule has 0 spiro atoms. The van der Waals surface area contributed by atoms with Crippen molar-refractivity contribution in [2.24, 2.45) is 0 Å². The van der Waals surface area contributed by atoms with E-state index in [9.17, 15) is 14.4 Å². The van der Waals surface area contributed by atoms with Crippen LogP contribution >= 0.6 is 46.3 Å². The fourth-order valence-electron chi connectivity index (χ4n) is 4.30. The molecule has 4 aromatic carbocycles. The van der Waals surface area contributed by atoms with Crippen molar-refractivity contribution < 1.29 is 19.1 Å². The van der Waals surface area contributed by atoms with E-state index in [0.29, 0.717) is 43.4 Å². The Morgan fingerprint density at radius 2 is 1.70 bits per heavy atom. The summed E-state index contributed by atoms with van der Waals surface area (Å²) in [4.78, 5) is 44.8. The predicted molar refractivity (Wildman–Crippen MR) is 191 cm³/mol. The Bertz CT molecular complexity index is 1950. The molecule has 0 bridgehead atoms. The van der Waals surface area contributed by atoms with Gasteiger partial charge in [0, 0.05) is 32.1 Å². The van der Waals surface area contributed by atoms with Crippen LogP contribution in [-0.4, -0.2) is 35.1 Å². The van der Waals surface area contributed by atoms with Gasteiger partial charge < -0.3 is 20.7 Å². The van der Waals surface area contributed by atoms with Crippen LogP contribution in [0.2, 0.25) is 10.0 Å². The summed E-state index contributed by atoms with van der Waals surface area (Å²) in [5, 5.41) is 11.2. The van der Waals surface area contributed by atoms with Gasteiger partial charge in [-0.05, 0) is 79.2 Å². The Morgan fingerprint density at radius 1 is 0.915 bits per heavy atom. The number of benzene rings is 4. The van der Waals surface area contributed by atoms with Gasteiger partial charge in [-0.15, -0.1) is 23.1 Å². The molecule has 8 nitrogen and oxygen atoms in total. The molecule has 1 heterocycles. The number of ether oxygens (including phenoxy) is 1. The summed E-state index contributed by atoms with van der Waals surface area (Å²) in [5.74, 6) is -0.579. The Balaban J connectivity index is 1.26. The van der Waals surface area contributed by atoms with Crippen LogP contribution in [-0.2, 0) is 9.59 Å². The fraction of sp³-hybridized carbons (Fsp3) is 0.0857. The summed E-state index contributed by atoms with van der Waals surface area (Å²) in [5.41, 5.74) is 2.95. The standard InChI is InChI=1S/C35H28Cl2N4O4S2/c1-21(32(42)41-35-40-31(20-46-35)28-15-14-24(36)18-29(28)37)47-27-13-7-11-25(19-27)38-34(44)30(17-22-8-6-12-26(16-22)45-2)39-33(43)23-9-4-3-5-10-23/h3-21H,1-2H3,(H,38,44)(H,39,43)(H,40,41,42)/b30-17-. The van der Waals surface area contributed by atoms with E-state index >= 15 is 0 Å². The van der Waals surface area contributed by atoms with E-state index in [-0.39, 0.29) is 11.6 Å². The van der Waals surface area contributed by atoms with Gasteiger partial charge in [-0.25, -0.2) is 4.98 Å². The van der Waals surface area contributed by atoms with Gasteiger partial charge in [0.25, 0.3) is 11.8 Å². The molecule has 5 rings (SSSR count). The first-order valence-electron chi connectivity index (χ1n) is 14.2. The zero-order chi connectivity index (χ0) is 33.3. The van der Waals surface area contributed by atoms with E-state index in [1.807, 2.05) is 11.4 Å². The molecule has 12 heteroatoms. The van der Waals surface area contributed by atoms with Gasteiger partial charge in [0.15, 0.2) is 5.13 Å². The van der Waals surface area contributed by atoms with Gasteiger partial charge in [0.05, 0.1) is 23.1 Å². The van der Waals surface area contributed by atoms with Crippen molar-refractivity contribution >= 4 is 80.9 Å². The van der Waals surface area contributed by atoms with Crippen LogP contribution in [0, 0.1) is 0 Å². The van der Waals surface area contributed by atoms with Crippen LogP contribution in [0.5, 0.6) is 5.75 Å². The second-order valence-corrected chi connectivity index (χ2v) is 13.2. The minimum absolute atomic E-state index is 0.0422. The van der Waals surface area contributed by atoms with Crippen molar-refractivity contribution in [2.45, 2.75) is 17.1 Å². The normalized spacial score (nSPS) is 11.8. The molecule has 0 radical (unpaired) electrons. The lowest BCUT2D eigenvalue weighted by Crippen LogP contribution is -2.30. The van der Waals surface area contributed by atoms with Crippen molar-refractivity contribution in [1.29, 1.82) is 0 Å². The number of thioether (sulfide) groups is 1. The van der Waals surface area contributed by atoms with E-state index in [0.717, 1.165) is 10.5 Å². The molecule has 5 aromatic rings. The molecule has 0 saturated carbocycles. The molecule has 47 heavy (non-hydrogen) atoms. The number of methoxy groups -OCH3 is 1. The number of carbonyl (C=O) groups excluding carboxylic acids is 3. The zero-order valence-corrected chi connectivity index (χ0v) is 28.3. The number of hydrogen-bond donors (Lipinski definition) is 3. The monoisotopic (exact) mass is 702 g/mol. The van der Waals surface area contributed by atoms with Crippen LogP contribution in [0.4, 0.5) is 10.8 Å². The van der Waals surface area contributed by atoms with Crippen molar-refractivity contribution in [2.75, 3.05) is 17.7 Å². The van der Waals surface area contributed by atoms with E-state index < -0.39 is 17.1 Å². The molecule has 1 unspecified atom stereocenters. The molecular formula is C35H28Cl2N4O4S2. The summed E-state index contributed by atoms with van der Waals surface area (Å²) >= 11 is 14.9. The van der Waals surface area contributed by atoms with Crippen molar-refractivity contribution in [3.05, 3.63) is 129 Å². The van der Waals surface area contributed by atoms with E-state index in [4.69, 9.17) is 27.9 Å². The number of aromatic nitrogens is 1. The van der Waals surface area contributed by atoms with Gasteiger partial charge in [0.2, 0.25) is 5.91 Å². The predicted octanol–water partition coefficient (Wildman–Crippen LogP) is 8.65. The highest BCUT2D eigenvalue weighted by Crippen LogP contribution is 2.33. The molecule has 0 aliphatic carbocycles. The number of anilines is 2. The third-order valence-corrected chi connectivity index (χ3v) is 9.05. The zero-order valence-electron chi connectivity index (χ0n) is 25.1. The fourth-order valence-corrected chi connectivity index (χ4v) is 6.45. The van der Waals surface area contributed by atoms with Crippen LogP contribution in [0.25, 0.3) is 17.3 Å². The summed E-state index contributed by atoms with van der Waals surface area (Å²) in [6, 6.07) is 28.0. The first-order valence-corrected chi connectivity index (χ1v) is 16.7. The quantitative estimate of drug-likeness (QED) is 0.0939. The maximum Gasteiger partial charge on any atom is 0.272 e. The molecular weight excluding hydrogens is 675 g/mol. The second-order valence-electron chi connectivity index (χ2n) is 10.0. The molecule has 238 valence electrons. The summed E-state index contributed by atoms with van der Waals surface area (Å²) in [7, 11) is 1.55. The van der Waals surface area contributed by atoms with E-state index in [1.165, 1.54) is 23.1 Å². The average Bonchev–Trinajstić information content (AvgIpc) is 3.53. The highest BCUT2D eigenvalue weighted by atomic mass is 35.5. The summed E-state index contributed by atoms with van der Waals surface area (Å²) in [6.07, 6.45) is 1.58. The first kappa shape index (κ1) is 33.7. The molecule has 0 aliphatic heterocycles. The number of rotatable bonds is 11. The molecule has 1 aromatic heterocycles. The first-order chi connectivity index (χ1) is 22.7. The summed E-state index contributed by atoms with van der Waals surface area (Å²) < 4.78 is 5.31. The lowest BCUT2D eigenvalue weighted by atomic mass is 10.1. The average molecular weight is 704 g/mol. The van der Waals surface area contributed by atoms with Crippen molar-refractivity contribution in [1.82, 2.24) is 10.3 Å². The third kappa shape index (κ3) is 9.24. The number of amides is 3. The molecule has 0 saturated heterocycles. The lowest BCUT2D eigenvalue weighted by molar-refractivity contribution is -0.115. The number of nitrogens with one attached hydrogen (secondary N) is 3. The minimum Gasteiger partial charge on any atom is -0.497 e. The van der Waals surface area contributed by atoms with Gasteiger partial charge >= 0.3 is 0 Å². The number of carbonyl (C=O) groups is 3.